The Labute approximate surface area is 188 Å². The molecule has 7 nitrogen and oxygen atoms in total. The van der Waals surface area contributed by atoms with Crippen LogP contribution in [-0.4, -0.2) is 30.3 Å². The number of fused-ring (bicyclic) bond motifs is 1. The molecule has 1 aliphatic rings. The molecular formula is C25H19FN6O. The van der Waals surface area contributed by atoms with Crippen molar-refractivity contribution in [3.8, 4) is 16.9 Å². The van der Waals surface area contributed by atoms with Crippen LogP contribution < -0.4 is 5.32 Å². The van der Waals surface area contributed by atoms with E-state index in [0.717, 1.165) is 35.4 Å². The van der Waals surface area contributed by atoms with E-state index in [1.807, 2.05) is 59.3 Å². The quantitative estimate of drug-likeness (QED) is 0.426. The van der Waals surface area contributed by atoms with Crippen molar-refractivity contribution in [1.29, 1.82) is 0 Å². The van der Waals surface area contributed by atoms with Crippen molar-refractivity contribution in [1.82, 2.24) is 24.4 Å². The highest BCUT2D eigenvalue weighted by atomic mass is 19.1. The average Bonchev–Trinajstić information content (AvgIpc) is 3.41. The van der Waals surface area contributed by atoms with Crippen LogP contribution in [0.15, 0.2) is 79.1 Å². The highest BCUT2D eigenvalue weighted by Crippen LogP contribution is 2.42. The third-order valence-electron chi connectivity index (χ3n) is 5.74. The molecule has 3 aromatic heterocycles. The normalized spacial score (nSPS) is 13.4. The maximum atomic E-state index is 13.7. The van der Waals surface area contributed by atoms with Crippen LogP contribution in [0.4, 0.5) is 10.1 Å². The summed E-state index contributed by atoms with van der Waals surface area (Å²) in [6.07, 6.45) is 5.83. The zero-order valence-electron chi connectivity index (χ0n) is 17.5. The second-order valence-corrected chi connectivity index (χ2v) is 8.11. The molecule has 33 heavy (non-hydrogen) atoms. The predicted molar refractivity (Wildman–Crippen MR) is 122 cm³/mol. The summed E-state index contributed by atoms with van der Waals surface area (Å²) >= 11 is 0. The van der Waals surface area contributed by atoms with Gasteiger partial charge in [0.15, 0.2) is 5.69 Å². The first kappa shape index (κ1) is 19.4. The predicted octanol–water partition coefficient (Wildman–Crippen LogP) is 4.85. The Morgan fingerprint density at radius 1 is 1.03 bits per heavy atom. The van der Waals surface area contributed by atoms with Gasteiger partial charge in [-0.1, -0.05) is 29.5 Å². The van der Waals surface area contributed by atoms with Gasteiger partial charge in [0.1, 0.15) is 11.5 Å². The number of amides is 1. The molecule has 3 heterocycles. The summed E-state index contributed by atoms with van der Waals surface area (Å²) in [6, 6.07) is 19.5. The summed E-state index contributed by atoms with van der Waals surface area (Å²) in [6.45, 7) is 0. The van der Waals surface area contributed by atoms with Crippen molar-refractivity contribution >= 4 is 17.2 Å². The van der Waals surface area contributed by atoms with Crippen LogP contribution in [0.1, 0.15) is 34.9 Å². The summed E-state index contributed by atoms with van der Waals surface area (Å²) in [5.41, 5.74) is 4.87. The van der Waals surface area contributed by atoms with E-state index in [1.54, 1.807) is 16.8 Å². The Hall–Kier alpha value is -4.33. The van der Waals surface area contributed by atoms with Gasteiger partial charge in [0, 0.05) is 29.6 Å². The van der Waals surface area contributed by atoms with Crippen LogP contribution in [0, 0.1) is 5.82 Å². The van der Waals surface area contributed by atoms with Gasteiger partial charge >= 0.3 is 0 Å². The van der Waals surface area contributed by atoms with Gasteiger partial charge < -0.3 is 9.72 Å². The Morgan fingerprint density at radius 3 is 2.64 bits per heavy atom. The van der Waals surface area contributed by atoms with Gasteiger partial charge in [-0.3, -0.25) is 4.79 Å². The molecule has 0 radical (unpaired) electrons. The van der Waals surface area contributed by atoms with E-state index in [0.29, 0.717) is 11.4 Å². The van der Waals surface area contributed by atoms with Crippen LogP contribution in [-0.2, 0) is 0 Å². The highest BCUT2D eigenvalue weighted by Gasteiger charge is 2.34. The molecule has 1 fully saturated rings. The summed E-state index contributed by atoms with van der Waals surface area (Å²) in [7, 11) is 0. The minimum atomic E-state index is -0.360. The largest absolute Gasteiger partial charge is 0.321 e. The number of nitrogens with zero attached hydrogens (tertiary/aromatic N) is 5. The van der Waals surface area contributed by atoms with E-state index in [4.69, 9.17) is 0 Å². The molecule has 1 saturated carbocycles. The number of benzene rings is 2. The van der Waals surface area contributed by atoms with Gasteiger partial charge in [-0.25, -0.2) is 14.1 Å². The molecule has 0 aliphatic heterocycles. The third-order valence-corrected chi connectivity index (χ3v) is 5.74. The van der Waals surface area contributed by atoms with E-state index in [1.165, 1.54) is 12.1 Å². The maximum absolute atomic E-state index is 13.7. The first-order valence-electron chi connectivity index (χ1n) is 10.7. The number of aromatic nitrogens is 5. The fraction of sp³-hybridized carbons (Fsp3) is 0.120. The minimum absolute atomic E-state index is 0.196. The fourth-order valence-electron chi connectivity index (χ4n) is 3.96. The Kier molecular flexibility index (Phi) is 4.50. The molecule has 8 heteroatoms. The highest BCUT2D eigenvalue weighted by molar-refractivity contribution is 6.04. The Balaban J connectivity index is 1.25. The second-order valence-electron chi connectivity index (χ2n) is 8.11. The van der Waals surface area contributed by atoms with Crippen molar-refractivity contribution in [3.63, 3.8) is 0 Å². The number of nitrogens with one attached hydrogen (secondary N) is 1. The van der Waals surface area contributed by atoms with Gasteiger partial charge in [0.25, 0.3) is 5.91 Å². The molecule has 0 atom stereocenters. The first-order valence-corrected chi connectivity index (χ1v) is 10.7. The van der Waals surface area contributed by atoms with Crippen LogP contribution >= 0.6 is 0 Å². The molecule has 1 aliphatic carbocycles. The van der Waals surface area contributed by atoms with Crippen molar-refractivity contribution in [3.05, 3.63) is 96.3 Å². The minimum Gasteiger partial charge on any atom is -0.321 e. The number of carbonyl (C=O) groups is 1. The van der Waals surface area contributed by atoms with E-state index in [2.05, 4.69) is 20.6 Å². The number of carbonyl (C=O) groups excluding carboxylic acids is 1. The number of hydrogen-bond acceptors (Lipinski definition) is 4. The van der Waals surface area contributed by atoms with Crippen LogP contribution in [0.25, 0.3) is 22.6 Å². The van der Waals surface area contributed by atoms with Gasteiger partial charge in [-0.15, -0.1) is 5.10 Å². The lowest BCUT2D eigenvalue weighted by Gasteiger charge is -2.08. The molecular weight excluding hydrogens is 419 g/mol. The fourth-order valence-corrected chi connectivity index (χ4v) is 3.96. The van der Waals surface area contributed by atoms with Crippen LogP contribution in [0.2, 0.25) is 0 Å². The van der Waals surface area contributed by atoms with Gasteiger partial charge in [0.2, 0.25) is 0 Å². The van der Waals surface area contributed by atoms with Crippen molar-refractivity contribution < 1.29 is 9.18 Å². The topological polar surface area (TPSA) is 77.1 Å². The molecule has 0 spiro atoms. The standard InChI is InChI=1S/C25H19FN6O/c26-18-4-3-5-20(14-18)32-24(17-7-8-17)23(29-30-32)25(33)27-19-11-9-16(10-12-19)21-15-31-13-2-1-6-22(31)28-21/h1-6,9-15,17H,7-8H2,(H,27,33). The van der Waals surface area contributed by atoms with Crippen LogP contribution in [0.5, 0.6) is 0 Å². The number of rotatable bonds is 5. The van der Waals surface area contributed by atoms with Crippen molar-refractivity contribution in [2.45, 2.75) is 18.8 Å². The summed E-state index contributed by atoms with van der Waals surface area (Å²) < 4.78 is 17.3. The molecule has 0 unspecified atom stereocenters. The molecule has 5 aromatic rings. The van der Waals surface area contributed by atoms with Crippen LogP contribution in [0.3, 0.4) is 0 Å². The van der Waals surface area contributed by atoms with Gasteiger partial charge in [-0.2, -0.15) is 0 Å². The van der Waals surface area contributed by atoms with Crippen molar-refractivity contribution in [2.75, 3.05) is 5.32 Å². The Bertz CT molecular complexity index is 1450. The molecule has 6 rings (SSSR count). The lowest BCUT2D eigenvalue weighted by Crippen LogP contribution is -2.15. The SMILES string of the molecule is O=C(Nc1ccc(-c2cn3ccccc3n2)cc1)c1nnn(-c2cccc(F)c2)c1C1CC1. The summed E-state index contributed by atoms with van der Waals surface area (Å²) in [5, 5.41) is 11.2. The van der Waals surface area contributed by atoms with Gasteiger partial charge in [0.05, 0.1) is 17.1 Å². The smallest absolute Gasteiger partial charge is 0.278 e. The first-order chi connectivity index (χ1) is 16.2. The number of halogens is 1. The summed E-state index contributed by atoms with van der Waals surface area (Å²) in [4.78, 5) is 17.7. The van der Waals surface area contributed by atoms with Gasteiger partial charge in [-0.05, 0) is 55.3 Å². The monoisotopic (exact) mass is 438 g/mol. The number of hydrogen-bond donors (Lipinski definition) is 1. The molecule has 162 valence electrons. The zero-order chi connectivity index (χ0) is 22.4. The van der Waals surface area contributed by atoms with E-state index in [9.17, 15) is 9.18 Å². The molecule has 1 amide bonds. The number of anilines is 1. The molecule has 2 aromatic carbocycles. The van der Waals surface area contributed by atoms with Crippen molar-refractivity contribution in [2.24, 2.45) is 0 Å². The third kappa shape index (κ3) is 3.65. The second kappa shape index (κ2) is 7.67. The lowest BCUT2D eigenvalue weighted by atomic mass is 10.1. The molecule has 0 saturated heterocycles. The Morgan fingerprint density at radius 2 is 1.88 bits per heavy atom. The average molecular weight is 438 g/mol. The zero-order valence-corrected chi connectivity index (χ0v) is 17.5. The van der Waals surface area contributed by atoms with E-state index in [-0.39, 0.29) is 23.3 Å². The molecule has 1 N–H and O–H groups in total. The number of pyridine rings is 1. The molecule has 0 bridgehead atoms. The lowest BCUT2D eigenvalue weighted by molar-refractivity contribution is 0.102. The maximum Gasteiger partial charge on any atom is 0.278 e. The van der Waals surface area contributed by atoms with E-state index < -0.39 is 0 Å². The summed E-state index contributed by atoms with van der Waals surface area (Å²) in [5.74, 6) is -0.497. The number of imidazole rings is 1. The van der Waals surface area contributed by atoms with E-state index >= 15 is 0 Å².